The molecule has 0 aromatic carbocycles. The Morgan fingerprint density at radius 1 is 0.484 bits per heavy atom. The average Bonchev–Trinajstić information content (AvgIpc) is 3.17. The number of nitrogens with zero attached hydrogens (tertiary/aromatic N) is 12. The van der Waals surface area contributed by atoms with Crippen molar-refractivity contribution in [3.05, 3.63) is 48.0 Å². The van der Waals surface area contributed by atoms with Crippen LogP contribution in [-0.2, 0) is 0 Å². The van der Waals surface area contributed by atoms with E-state index in [0.29, 0.717) is 29.0 Å². The van der Waals surface area contributed by atoms with Crippen LogP contribution >= 0.6 is 8.37 Å². The van der Waals surface area contributed by atoms with E-state index in [1.165, 1.54) is 149 Å². The van der Waals surface area contributed by atoms with Crippen molar-refractivity contribution in [3.63, 3.8) is 0 Å². The molecule has 11 fully saturated rings. The number of hydrogen-bond acceptors (Lipinski definition) is 13. The highest BCUT2D eigenvalue weighted by Gasteiger charge is 2.40. The van der Waals surface area contributed by atoms with Gasteiger partial charge in [0.15, 0.2) is 0 Å². The summed E-state index contributed by atoms with van der Waals surface area (Å²) in [4.78, 5) is 26.0. The van der Waals surface area contributed by atoms with Crippen molar-refractivity contribution in [3.8, 4) is 11.1 Å². The molecule has 13 rings (SSSR count). The third-order valence-corrected chi connectivity index (χ3v) is 16.6. The molecule has 1 N–H and O–H groups in total. The SMILES string of the molecule is C1CN2CCN1CC2.C1N2CN3CN1CN(C2)C3.CC(C)N1CCN2CCN(C(C)C)P1N(C(C)C)CC2.CC1(C)CNCC(C)(C)C1.Cc1cc(-c2ccncc2)cc(C)n1. The number of fused-ring (bicyclic) bond motifs is 9. The summed E-state index contributed by atoms with van der Waals surface area (Å²) in [5.74, 6) is 0. The minimum atomic E-state index is -0.313. The van der Waals surface area contributed by atoms with Crippen molar-refractivity contribution in [2.75, 3.05) is 132 Å². The highest BCUT2D eigenvalue weighted by Crippen LogP contribution is 2.52. The molecule has 0 amide bonds. The first-order valence-electron chi connectivity index (χ1n) is 24.2. The Balaban J connectivity index is 0.000000134. The highest BCUT2D eigenvalue weighted by molar-refractivity contribution is 7.50. The number of piperidine rings is 1. The second-order valence-corrected chi connectivity index (χ2v) is 23.7. The van der Waals surface area contributed by atoms with E-state index < -0.39 is 0 Å². The summed E-state index contributed by atoms with van der Waals surface area (Å²) in [6.45, 7) is 52.3. The monoisotopic (exact) mass is 878 g/mol. The van der Waals surface area contributed by atoms with Gasteiger partial charge in [-0.1, -0.05) is 27.7 Å². The van der Waals surface area contributed by atoms with Crippen molar-refractivity contribution in [1.29, 1.82) is 0 Å². The van der Waals surface area contributed by atoms with Gasteiger partial charge in [0.25, 0.3) is 0 Å². The van der Waals surface area contributed by atoms with Crippen LogP contribution in [0.5, 0.6) is 0 Å². The molecule has 11 saturated heterocycles. The summed E-state index contributed by atoms with van der Waals surface area (Å²) in [6.07, 6.45) is 4.95. The van der Waals surface area contributed by atoms with E-state index in [0.717, 1.165) is 11.4 Å². The Kier molecular flexibility index (Phi) is 18.2. The summed E-state index contributed by atoms with van der Waals surface area (Å²) in [5.41, 5.74) is 5.50. The molecule has 0 saturated carbocycles. The zero-order valence-corrected chi connectivity index (χ0v) is 42.3. The van der Waals surface area contributed by atoms with Crippen LogP contribution in [0.3, 0.4) is 0 Å². The van der Waals surface area contributed by atoms with E-state index in [2.05, 4.69) is 145 Å². The van der Waals surface area contributed by atoms with Gasteiger partial charge < -0.3 is 5.32 Å². The van der Waals surface area contributed by atoms with Crippen molar-refractivity contribution < 1.29 is 0 Å². The van der Waals surface area contributed by atoms with Crippen molar-refractivity contribution in [2.45, 2.75) is 108 Å². The highest BCUT2D eigenvalue weighted by atomic mass is 31.2. The Hall–Kier alpha value is -1.71. The normalized spacial score (nSPS) is 32.2. The lowest BCUT2D eigenvalue weighted by Gasteiger charge is -2.56. The molecule has 8 bridgehead atoms. The van der Waals surface area contributed by atoms with Gasteiger partial charge >= 0.3 is 0 Å². The quantitative estimate of drug-likeness (QED) is 0.363. The topological polar surface area (TPSA) is 70.2 Å². The van der Waals surface area contributed by atoms with Crippen LogP contribution in [0.2, 0.25) is 0 Å². The van der Waals surface area contributed by atoms with Gasteiger partial charge in [-0.15, -0.1) is 0 Å². The van der Waals surface area contributed by atoms with E-state index in [-0.39, 0.29) is 8.37 Å². The molecule has 0 radical (unpaired) electrons. The number of aryl methyl sites for hydroxylation is 2. The van der Waals surface area contributed by atoms with Gasteiger partial charge in [-0.05, 0) is 108 Å². The van der Waals surface area contributed by atoms with Crippen LogP contribution in [0.15, 0.2) is 36.7 Å². The molecule has 62 heavy (non-hydrogen) atoms. The van der Waals surface area contributed by atoms with Gasteiger partial charge in [-0.2, -0.15) is 0 Å². The Morgan fingerprint density at radius 3 is 1.10 bits per heavy atom. The van der Waals surface area contributed by atoms with E-state index >= 15 is 0 Å². The summed E-state index contributed by atoms with van der Waals surface area (Å²) in [7, 11) is -0.313. The van der Waals surface area contributed by atoms with Crippen LogP contribution < -0.4 is 5.32 Å². The number of hydrogen-bond donors (Lipinski definition) is 1. The van der Waals surface area contributed by atoms with Crippen molar-refractivity contribution in [1.82, 2.24) is 63.6 Å². The molecular weight excluding hydrogens is 790 g/mol. The lowest BCUT2D eigenvalue weighted by molar-refractivity contribution is -0.194. The van der Waals surface area contributed by atoms with Gasteiger partial charge in [0, 0.05) is 134 Å². The first-order valence-corrected chi connectivity index (χ1v) is 25.4. The molecule has 0 unspecified atom stereocenters. The third kappa shape index (κ3) is 14.6. The molecule has 13 nitrogen and oxygen atoms in total. The minimum Gasteiger partial charge on any atom is -0.316 e. The number of nitrogens with one attached hydrogen (secondary N) is 1. The van der Waals surface area contributed by atoms with E-state index in [9.17, 15) is 0 Å². The molecule has 0 spiro atoms. The Morgan fingerprint density at radius 2 is 0.806 bits per heavy atom. The molecule has 13 heterocycles. The minimum absolute atomic E-state index is 0.313. The molecule has 11 aliphatic heterocycles. The molecular formula is C48H88N13P. The molecule has 11 aliphatic rings. The largest absolute Gasteiger partial charge is 0.316 e. The fourth-order valence-corrected chi connectivity index (χ4v) is 13.6. The van der Waals surface area contributed by atoms with Gasteiger partial charge in [0.1, 0.15) is 8.37 Å². The molecule has 350 valence electrons. The van der Waals surface area contributed by atoms with Crippen LogP contribution in [-0.4, -0.2) is 208 Å². The first-order chi connectivity index (χ1) is 29.4. The smallest absolute Gasteiger partial charge is 0.121 e. The number of piperazine rings is 3. The van der Waals surface area contributed by atoms with Crippen molar-refractivity contribution in [2.24, 2.45) is 10.8 Å². The van der Waals surface area contributed by atoms with Gasteiger partial charge in [0.05, 0.1) is 40.0 Å². The second kappa shape index (κ2) is 22.7. The molecule has 2 aromatic rings. The molecule has 0 atom stereocenters. The maximum absolute atomic E-state index is 4.34. The fraction of sp³-hybridized carbons (Fsp3) is 0.792. The van der Waals surface area contributed by atoms with Gasteiger partial charge in [-0.25, -0.2) is 0 Å². The van der Waals surface area contributed by atoms with E-state index in [1.807, 2.05) is 26.0 Å². The van der Waals surface area contributed by atoms with Crippen LogP contribution in [0.1, 0.15) is 87.0 Å². The van der Waals surface area contributed by atoms with Gasteiger partial charge in [0.2, 0.25) is 0 Å². The third-order valence-electron chi connectivity index (χ3n) is 13.3. The standard InChI is InChI=1S/C15H33N4P.C12H12N2.C9H19N.C6H12N4.C6H12N2/c1-13(2)17-10-7-16-8-11-18(14(3)4)20(17)19(12-9-16)15(5)6;1-9-7-12(8-10(2)14-9)11-3-5-13-6-4-11;1-8(2)5-9(3,4)7-10-6-8;1-7-2-9-4-8(1)5-10(3-7)6-9;1-2-8-5-3-7(1)4-6-8/h13-15H,7-12H2,1-6H3;3-8H,1-2H3;10H,5-7H2,1-4H3;1-6H2;1-6H2. The number of aromatic nitrogens is 2. The zero-order valence-electron chi connectivity index (χ0n) is 41.4. The average molecular weight is 878 g/mol. The summed E-state index contributed by atoms with van der Waals surface area (Å²) < 4.78 is 8.29. The maximum Gasteiger partial charge on any atom is 0.121 e. The van der Waals surface area contributed by atoms with E-state index in [1.54, 1.807) is 12.4 Å². The van der Waals surface area contributed by atoms with Gasteiger partial charge in [-0.3, -0.25) is 58.3 Å². The predicted molar refractivity (Wildman–Crippen MR) is 260 cm³/mol. The first kappa shape index (κ1) is 49.7. The number of pyridine rings is 2. The fourth-order valence-electron chi connectivity index (χ4n) is 10.6. The van der Waals surface area contributed by atoms with Crippen LogP contribution in [0.4, 0.5) is 0 Å². The Bertz CT molecular complexity index is 1470. The van der Waals surface area contributed by atoms with Crippen LogP contribution in [0, 0.1) is 24.7 Å². The molecule has 0 aliphatic carbocycles. The maximum atomic E-state index is 4.34. The number of rotatable bonds is 4. The summed E-state index contributed by atoms with van der Waals surface area (Å²) >= 11 is 0. The second-order valence-electron chi connectivity index (χ2n) is 21.6. The zero-order chi connectivity index (χ0) is 44.6. The van der Waals surface area contributed by atoms with Crippen molar-refractivity contribution >= 4 is 8.37 Å². The van der Waals surface area contributed by atoms with E-state index in [4.69, 9.17) is 0 Å². The molecule has 2 aromatic heterocycles. The lowest BCUT2D eigenvalue weighted by atomic mass is 9.72. The summed E-state index contributed by atoms with van der Waals surface area (Å²) in [5, 5.41) is 3.47. The van der Waals surface area contributed by atoms with Crippen LogP contribution in [0.25, 0.3) is 11.1 Å². The lowest BCUT2D eigenvalue weighted by Crippen LogP contribution is -2.71. The predicted octanol–water partition coefficient (Wildman–Crippen LogP) is 6.06. The molecule has 14 heteroatoms. The summed E-state index contributed by atoms with van der Waals surface area (Å²) in [6, 6.07) is 10.1. The Labute approximate surface area is 380 Å².